The van der Waals surface area contributed by atoms with E-state index in [1.54, 1.807) is 31.7 Å². The SMILES string of the molecule is Cc1ccnc(N2C[C@H]3C[C@@H](n4ccnc4)[C@H](O)C[C@H]3C2)c1F. The van der Waals surface area contributed by atoms with Crippen molar-refractivity contribution in [3.63, 3.8) is 0 Å². The molecule has 3 heterocycles. The minimum absolute atomic E-state index is 0.0639. The predicted molar refractivity (Wildman–Crippen MR) is 84.6 cm³/mol. The van der Waals surface area contributed by atoms with Crippen molar-refractivity contribution in [2.75, 3.05) is 18.0 Å². The Morgan fingerprint density at radius 1 is 1.22 bits per heavy atom. The van der Waals surface area contributed by atoms with E-state index in [1.165, 1.54) is 0 Å². The second-order valence-corrected chi connectivity index (χ2v) is 6.81. The lowest BCUT2D eigenvalue weighted by Crippen LogP contribution is -2.35. The summed E-state index contributed by atoms with van der Waals surface area (Å²) in [5.74, 6) is 1.07. The molecule has 6 heteroatoms. The summed E-state index contributed by atoms with van der Waals surface area (Å²) >= 11 is 0. The summed E-state index contributed by atoms with van der Waals surface area (Å²) in [5, 5.41) is 10.5. The molecule has 1 saturated carbocycles. The van der Waals surface area contributed by atoms with Crippen molar-refractivity contribution in [2.45, 2.75) is 31.9 Å². The maximum Gasteiger partial charge on any atom is 0.168 e. The number of aromatic nitrogens is 3. The summed E-state index contributed by atoms with van der Waals surface area (Å²) in [6.07, 6.45) is 8.35. The number of aliphatic hydroxyl groups is 1. The highest BCUT2D eigenvalue weighted by Gasteiger charge is 2.43. The lowest BCUT2D eigenvalue weighted by Gasteiger charge is -2.35. The van der Waals surface area contributed by atoms with Gasteiger partial charge in [-0.1, -0.05) is 0 Å². The monoisotopic (exact) mass is 316 g/mol. The molecule has 5 nitrogen and oxygen atoms in total. The molecule has 4 atom stereocenters. The van der Waals surface area contributed by atoms with E-state index < -0.39 is 0 Å². The molecule has 0 spiro atoms. The van der Waals surface area contributed by atoms with Crippen LogP contribution >= 0.6 is 0 Å². The van der Waals surface area contributed by atoms with E-state index in [4.69, 9.17) is 0 Å². The van der Waals surface area contributed by atoms with Crippen molar-refractivity contribution >= 4 is 5.82 Å². The highest BCUT2D eigenvalue weighted by atomic mass is 19.1. The molecule has 1 aliphatic heterocycles. The molecule has 1 aliphatic carbocycles. The van der Waals surface area contributed by atoms with Gasteiger partial charge in [0.15, 0.2) is 11.6 Å². The fourth-order valence-corrected chi connectivity index (χ4v) is 4.11. The number of halogens is 1. The molecular formula is C17H21FN4O. The molecule has 2 fully saturated rings. The van der Waals surface area contributed by atoms with Gasteiger partial charge in [0.1, 0.15) is 0 Å². The first kappa shape index (κ1) is 14.6. The Kier molecular flexibility index (Phi) is 3.56. The van der Waals surface area contributed by atoms with Gasteiger partial charge in [0.2, 0.25) is 0 Å². The number of nitrogens with zero attached hydrogens (tertiary/aromatic N) is 4. The zero-order valence-electron chi connectivity index (χ0n) is 13.1. The normalized spacial score (nSPS) is 30.5. The van der Waals surface area contributed by atoms with Crippen molar-refractivity contribution < 1.29 is 9.50 Å². The van der Waals surface area contributed by atoms with Crippen molar-refractivity contribution in [3.05, 3.63) is 42.4 Å². The summed E-state index contributed by atoms with van der Waals surface area (Å²) in [6, 6.07) is 1.76. The van der Waals surface area contributed by atoms with Crippen molar-refractivity contribution in [3.8, 4) is 0 Å². The quantitative estimate of drug-likeness (QED) is 0.922. The van der Waals surface area contributed by atoms with E-state index in [1.807, 2.05) is 15.7 Å². The zero-order valence-corrected chi connectivity index (χ0v) is 13.1. The van der Waals surface area contributed by atoms with Crippen LogP contribution in [0.15, 0.2) is 31.0 Å². The highest BCUT2D eigenvalue weighted by Crippen LogP contribution is 2.42. The first-order chi connectivity index (χ1) is 11.1. The fraction of sp³-hybridized carbons (Fsp3) is 0.529. The molecule has 23 heavy (non-hydrogen) atoms. The van der Waals surface area contributed by atoms with Gasteiger partial charge in [0.25, 0.3) is 0 Å². The number of anilines is 1. The summed E-state index contributed by atoms with van der Waals surface area (Å²) in [5.41, 5.74) is 0.626. The molecular weight excluding hydrogens is 295 g/mol. The third-order valence-corrected chi connectivity index (χ3v) is 5.38. The summed E-state index contributed by atoms with van der Waals surface area (Å²) < 4.78 is 16.3. The van der Waals surface area contributed by atoms with Crippen molar-refractivity contribution in [1.29, 1.82) is 0 Å². The van der Waals surface area contributed by atoms with E-state index in [2.05, 4.69) is 9.97 Å². The smallest absolute Gasteiger partial charge is 0.168 e. The maximum absolute atomic E-state index is 14.3. The largest absolute Gasteiger partial charge is 0.391 e. The molecule has 0 aromatic carbocycles. The van der Waals surface area contributed by atoms with E-state index in [0.29, 0.717) is 23.2 Å². The molecule has 1 N–H and O–H groups in total. The first-order valence-electron chi connectivity index (χ1n) is 8.15. The van der Waals surface area contributed by atoms with Crippen molar-refractivity contribution in [1.82, 2.24) is 14.5 Å². The predicted octanol–water partition coefficient (Wildman–Crippen LogP) is 2.17. The van der Waals surface area contributed by atoms with E-state index in [0.717, 1.165) is 25.9 Å². The Morgan fingerprint density at radius 3 is 2.74 bits per heavy atom. The average Bonchev–Trinajstić information content (AvgIpc) is 3.18. The van der Waals surface area contributed by atoms with Crippen LogP contribution in [0, 0.1) is 24.6 Å². The minimum Gasteiger partial charge on any atom is -0.391 e. The van der Waals surface area contributed by atoms with Crippen LogP contribution in [0.1, 0.15) is 24.4 Å². The molecule has 0 bridgehead atoms. The first-order valence-corrected chi connectivity index (χ1v) is 8.15. The van der Waals surface area contributed by atoms with Gasteiger partial charge in [-0.3, -0.25) is 0 Å². The van der Waals surface area contributed by atoms with Gasteiger partial charge in [-0.2, -0.15) is 0 Å². The molecule has 2 aromatic heterocycles. The Bertz CT molecular complexity index is 690. The molecule has 1 saturated heterocycles. The fourth-order valence-electron chi connectivity index (χ4n) is 4.11. The van der Waals surface area contributed by atoms with Gasteiger partial charge in [-0.05, 0) is 43.2 Å². The number of hydrogen-bond acceptors (Lipinski definition) is 4. The van der Waals surface area contributed by atoms with Gasteiger partial charge < -0.3 is 14.6 Å². The third kappa shape index (κ3) is 2.51. The number of pyridine rings is 1. The lowest BCUT2D eigenvalue weighted by atomic mass is 9.77. The van der Waals surface area contributed by atoms with Crippen LogP contribution in [0.4, 0.5) is 10.2 Å². The van der Waals surface area contributed by atoms with Crippen molar-refractivity contribution in [2.24, 2.45) is 11.8 Å². The summed E-state index contributed by atoms with van der Waals surface area (Å²) in [4.78, 5) is 10.4. The maximum atomic E-state index is 14.3. The third-order valence-electron chi connectivity index (χ3n) is 5.38. The van der Waals surface area contributed by atoms with Gasteiger partial charge in [0, 0.05) is 31.7 Å². The summed E-state index contributed by atoms with van der Waals surface area (Å²) in [6.45, 7) is 3.34. The standard InChI is InChI=1S/C17H21FN4O/c1-11-2-3-20-17(16(11)18)22-8-12-6-14(21-5-4-19-10-21)15(23)7-13(12)9-22/h2-5,10,12-15,23H,6-9H2,1H3/t12-,13+,14-,15-/m1/s1. The van der Waals surface area contributed by atoms with E-state index in [-0.39, 0.29) is 18.0 Å². The second-order valence-electron chi connectivity index (χ2n) is 6.81. The van der Waals surface area contributed by atoms with E-state index >= 15 is 0 Å². The van der Waals surface area contributed by atoms with E-state index in [9.17, 15) is 9.50 Å². The zero-order chi connectivity index (χ0) is 16.0. The summed E-state index contributed by atoms with van der Waals surface area (Å²) in [7, 11) is 0. The topological polar surface area (TPSA) is 54.2 Å². The molecule has 2 aromatic rings. The van der Waals surface area contributed by atoms with Crippen LogP contribution in [-0.2, 0) is 0 Å². The Balaban J connectivity index is 1.54. The second kappa shape index (κ2) is 5.60. The molecule has 0 unspecified atom stereocenters. The van der Waals surface area contributed by atoms with Crippen LogP contribution in [0.2, 0.25) is 0 Å². The number of aryl methyl sites for hydroxylation is 1. The average molecular weight is 316 g/mol. The lowest BCUT2D eigenvalue weighted by molar-refractivity contribution is 0.0358. The molecule has 122 valence electrons. The van der Waals surface area contributed by atoms with Crippen LogP contribution in [0.3, 0.4) is 0 Å². The van der Waals surface area contributed by atoms with Crippen LogP contribution in [-0.4, -0.2) is 38.8 Å². The number of aliphatic hydroxyl groups excluding tert-OH is 1. The molecule has 0 amide bonds. The van der Waals surface area contributed by atoms with Gasteiger partial charge in [0.05, 0.1) is 18.5 Å². The minimum atomic E-state index is -0.374. The van der Waals surface area contributed by atoms with Crippen LogP contribution < -0.4 is 4.90 Å². The number of rotatable bonds is 2. The van der Waals surface area contributed by atoms with Gasteiger partial charge in [-0.15, -0.1) is 0 Å². The number of fused-ring (bicyclic) bond motifs is 1. The Morgan fingerprint density at radius 2 is 2.00 bits per heavy atom. The number of imidazole rings is 1. The molecule has 4 rings (SSSR count). The van der Waals surface area contributed by atoms with Gasteiger partial charge in [-0.25, -0.2) is 14.4 Å². The van der Waals surface area contributed by atoms with Crippen LogP contribution in [0.25, 0.3) is 0 Å². The Hall–Kier alpha value is -1.95. The highest BCUT2D eigenvalue weighted by molar-refractivity contribution is 5.44. The van der Waals surface area contributed by atoms with Gasteiger partial charge >= 0.3 is 0 Å². The van der Waals surface area contributed by atoms with Crippen LogP contribution in [0.5, 0.6) is 0 Å². The molecule has 0 radical (unpaired) electrons. The Labute approximate surface area is 134 Å². The molecule has 2 aliphatic rings. The number of hydrogen-bond donors (Lipinski definition) is 1.